The molecule has 0 aliphatic carbocycles. The van der Waals surface area contributed by atoms with Crippen LogP contribution in [0, 0.1) is 0 Å². The summed E-state index contributed by atoms with van der Waals surface area (Å²) in [4.78, 5) is 21.0. The number of carboxylic acid groups (broad SMARTS) is 1. The van der Waals surface area contributed by atoms with Gasteiger partial charge in [0.15, 0.2) is 0 Å². The Bertz CT molecular complexity index is 170. The average Bonchev–Trinajstić information content (AvgIpc) is 2.00. The van der Waals surface area contributed by atoms with Crippen LogP contribution in [-0.2, 0) is 9.59 Å². The third kappa shape index (κ3) is 4.68. The molecule has 0 bridgehead atoms. The van der Waals surface area contributed by atoms with Crippen LogP contribution in [-0.4, -0.2) is 29.6 Å². The maximum absolute atomic E-state index is 10.9. The van der Waals surface area contributed by atoms with Crippen molar-refractivity contribution in [2.24, 2.45) is 5.73 Å². The number of nitrogens with two attached hydrogens (primary N) is 1. The number of carbonyl (C=O) groups is 2. The molecule has 5 heteroatoms. The second kappa shape index (κ2) is 5.54. The first-order valence-corrected chi connectivity index (χ1v) is 3.83. The van der Waals surface area contributed by atoms with E-state index in [1.807, 2.05) is 0 Å². The maximum Gasteiger partial charge on any atom is 0.303 e. The third-order valence-electron chi connectivity index (χ3n) is 1.36. The van der Waals surface area contributed by atoms with Gasteiger partial charge in [-0.15, -0.1) is 0 Å². The van der Waals surface area contributed by atoms with Crippen LogP contribution in [0.1, 0.15) is 19.8 Å². The molecule has 0 heterocycles. The molecule has 1 amide bonds. The van der Waals surface area contributed by atoms with Crippen molar-refractivity contribution in [1.29, 1.82) is 0 Å². The summed E-state index contributed by atoms with van der Waals surface area (Å²) in [5.74, 6) is -1.23. The van der Waals surface area contributed by atoms with Crippen molar-refractivity contribution < 1.29 is 14.7 Å². The molecule has 0 aromatic carbocycles. The highest BCUT2D eigenvalue weighted by Crippen LogP contribution is 1.93. The van der Waals surface area contributed by atoms with Crippen molar-refractivity contribution in [3.05, 3.63) is 0 Å². The molecular weight excluding hydrogens is 160 g/mol. The van der Waals surface area contributed by atoms with Gasteiger partial charge >= 0.3 is 5.97 Å². The normalized spacial score (nSPS) is 12.2. The number of nitrogens with one attached hydrogen (secondary N) is 1. The molecule has 0 aliphatic rings. The first-order valence-electron chi connectivity index (χ1n) is 3.83. The van der Waals surface area contributed by atoms with Gasteiger partial charge in [0.25, 0.3) is 0 Å². The first-order chi connectivity index (χ1) is 5.57. The Hall–Kier alpha value is -1.10. The number of carbonyl (C=O) groups excluding carboxylic acids is 1. The molecule has 0 spiro atoms. The van der Waals surface area contributed by atoms with Gasteiger partial charge in [-0.3, -0.25) is 9.59 Å². The average molecular weight is 174 g/mol. The van der Waals surface area contributed by atoms with Crippen molar-refractivity contribution in [2.45, 2.75) is 25.8 Å². The Morgan fingerprint density at radius 3 is 2.58 bits per heavy atom. The van der Waals surface area contributed by atoms with E-state index in [1.165, 1.54) is 0 Å². The van der Waals surface area contributed by atoms with Gasteiger partial charge in [0.1, 0.15) is 0 Å². The molecule has 5 nitrogen and oxygen atoms in total. The van der Waals surface area contributed by atoms with E-state index >= 15 is 0 Å². The zero-order valence-corrected chi connectivity index (χ0v) is 7.04. The lowest BCUT2D eigenvalue weighted by Gasteiger charge is -2.08. The van der Waals surface area contributed by atoms with E-state index in [4.69, 9.17) is 10.8 Å². The standard InChI is InChI=1S/C7H14N2O3/c1-2-9-7(12)5(8)3-4-6(10)11/h5H,2-4,8H2,1H3,(H,9,12)(H,10,11)/t5-/m0/s1. The minimum absolute atomic E-state index is 0.0711. The van der Waals surface area contributed by atoms with Crippen LogP contribution in [0.25, 0.3) is 0 Å². The fraction of sp³-hybridized carbons (Fsp3) is 0.714. The van der Waals surface area contributed by atoms with Crippen molar-refractivity contribution >= 4 is 11.9 Å². The molecule has 70 valence electrons. The molecule has 0 fully saturated rings. The van der Waals surface area contributed by atoms with Gasteiger partial charge in [-0.1, -0.05) is 0 Å². The summed E-state index contributed by atoms with van der Waals surface area (Å²) in [6.45, 7) is 2.29. The lowest BCUT2D eigenvalue weighted by atomic mass is 10.1. The number of amides is 1. The molecule has 12 heavy (non-hydrogen) atoms. The molecule has 0 aromatic heterocycles. The highest BCUT2D eigenvalue weighted by Gasteiger charge is 2.13. The van der Waals surface area contributed by atoms with Gasteiger partial charge in [-0.05, 0) is 13.3 Å². The van der Waals surface area contributed by atoms with Gasteiger partial charge in [-0.2, -0.15) is 0 Å². The van der Waals surface area contributed by atoms with Crippen LogP contribution >= 0.6 is 0 Å². The summed E-state index contributed by atoms with van der Waals surface area (Å²) < 4.78 is 0. The zero-order chi connectivity index (χ0) is 9.56. The maximum atomic E-state index is 10.9. The van der Waals surface area contributed by atoms with Crippen LogP contribution < -0.4 is 11.1 Å². The highest BCUT2D eigenvalue weighted by molar-refractivity contribution is 5.82. The minimum Gasteiger partial charge on any atom is -0.481 e. The van der Waals surface area contributed by atoms with Crippen LogP contribution in [0.5, 0.6) is 0 Å². The van der Waals surface area contributed by atoms with Gasteiger partial charge in [-0.25, -0.2) is 0 Å². The third-order valence-corrected chi connectivity index (χ3v) is 1.36. The topological polar surface area (TPSA) is 92.4 Å². The van der Waals surface area contributed by atoms with E-state index in [2.05, 4.69) is 5.32 Å². The number of aliphatic carboxylic acids is 1. The molecule has 0 aliphatic heterocycles. The predicted molar refractivity (Wildman–Crippen MR) is 43.5 cm³/mol. The van der Waals surface area contributed by atoms with Gasteiger partial charge in [0.2, 0.25) is 5.91 Å². The van der Waals surface area contributed by atoms with Crippen LogP contribution in [0.4, 0.5) is 0 Å². The Morgan fingerprint density at radius 1 is 1.58 bits per heavy atom. The second-order valence-electron chi connectivity index (χ2n) is 2.43. The number of carboxylic acids is 1. The van der Waals surface area contributed by atoms with E-state index in [9.17, 15) is 9.59 Å². The Balaban J connectivity index is 3.63. The molecule has 0 rings (SSSR count). The van der Waals surface area contributed by atoms with E-state index < -0.39 is 12.0 Å². The highest BCUT2D eigenvalue weighted by atomic mass is 16.4. The molecule has 0 unspecified atom stereocenters. The molecule has 0 aromatic rings. The summed E-state index contributed by atoms with van der Waals surface area (Å²) >= 11 is 0. The molecular formula is C7H14N2O3. The van der Waals surface area contributed by atoms with Crippen LogP contribution in [0.2, 0.25) is 0 Å². The monoisotopic (exact) mass is 174 g/mol. The largest absolute Gasteiger partial charge is 0.481 e. The van der Waals surface area contributed by atoms with Crippen molar-refractivity contribution in [1.82, 2.24) is 5.32 Å². The smallest absolute Gasteiger partial charge is 0.303 e. The quantitative estimate of drug-likeness (QED) is 0.514. The number of hydrogen-bond acceptors (Lipinski definition) is 3. The Labute approximate surface area is 70.9 Å². The SMILES string of the molecule is CCNC(=O)[C@@H](N)CCC(=O)O. The summed E-state index contributed by atoms with van der Waals surface area (Å²) in [5, 5.41) is 10.8. The predicted octanol–water partition coefficient (Wildman–Crippen LogP) is -0.685. The number of rotatable bonds is 5. The molecule has 0 radical (unpaired) electrons. The molecule has 1 atom stereocenters. The summed E-state index contributed by atoms with van der Waals surface area (Å²) in [6, 6.07) is -0.707. The Kier molecular flexibility index (Phi) is 5.03. The van der Waals surface area contributed by atoms with E-state index in [0.29, 0.717) is 6.54 Å². The van der Waals surface area contributed by atoms with E-state index in [1.54, 1.807) is 6.92 Å². The molecule has 0 saturated carbocycles. The Morgan fingerprint density at radius 2 is 2.17 bits per heavy atom. The van der Waals surface area contributed by atoms with Gasteiger partial charge < -0.3 is 16.2 Å². The first kappa shape index (κ1) is 10.9. The van der Waals surface area contributed by atoms with E-state index in [-0.39, 0.29) is 18.7 Å². The summed E-state index contributed by atoms with van der Waals surface area (Å²) in [7, 11) is 0. The van der Waals surface area contributed by atoms with Crippen LogP contribution in [0.3, 0.4) is 0 Å². The van der Waals surface area contributed by atoms with Crippen LogP contribution in [0.15, 0.2) is 0 Å². The fourth-order valence-corrected chi connectivity index (χ4v) is 0.715. The molecule has 4 N–H and O–H groups in total. The van der Waals surface area contributed by atoms with Crippen molar-refractivity contribution in [3.8, 4) is 0 Å². The zero-order valence-electron chi connectivity index (χ0n) is 7.04. The van der Waals surface area contributed by atoms with Crippen molar-refractivity contribution in [3.63, 3.8) is 0 Å². The minimum atomic E-state index is -0.935. The van der Waals surface area contributed by atoms with Crippen molar-refractivity contribution in [2.75, 3.05) is 6.54 Å². The molecule has 0 saturated heterocycles. The van der Waals surface area contributed by atoms with E-state index in [0.717, 1.165) is 0 Å². The lowest BCUT2D eigenvalue weighted by molar-refractivity contribution is -0.137. The number of hydrogen-bond donors (Lipinski definition) is 3. The van der Waals surface area contributed by atoms with Gasteiger partial charge in [0, 0.05) is 13.0 Å². The fourth-order valence-electron chi connectivity index (χ4n) is 0.715. The van der Waals surface area contributed by atoms with Gasteiger partial charge in [0.05, 0.1) is 6.04 Å². The summed E-state index contributed by atoms with van der Waals surface area (Å²) in [6.07, 6.45) is 0.111. The second-order valence-corrected chi connectivity index (χ2v) is 2.43. The summed E-state index contributed by atoms with van der Waals surface area (Å²) in [5.41, 5.74) is 5.38. The lowest BCUT2D eigenvalue weighted by Crippen LogP contribution is -2.40. The number of likely N-dealkylation sites (N-methyl/N-ethyl adjacent to an activating group) is 1.